The Hall–Kier alpha value is -3.19. The third-order valence-electron chi connectivity index (χ3n) is 4.88. The maximum Gasteiger partial charge on any atom is 0.264 e. The number of sulfonamides is 1. The third-order valence-corrected chi connectivity index (χ3v) is 6.65. The molecule has 0 spiro atoms. The summed E-state index contributed by atoms with van der Waals surface area (Å²) in [4.78, 5) is 0.162. The Morgan fingerprint density at radius 1 is 0.800 bits per heavy atom. The quantitative estimate of drug-likeness (QED) is 0.533. The number of methoxy groups -OCH3 is 3. The maximum absolute atomic E-state index is 13.7. The number of anilines is 1. The van der Waals surface area contributed by atoms with Crippen LogP contribution in [0.25, 0.3) is 0 Å². The van der Waals surface area contributed by atoms with Crippen LogP contribution in [0.3, 0.4) is 0 Å². The van der Waals surface area contributed by atoms with Gasteiger partial charge >= 0.3 is 0 Å². The topological polar surface area (TPSA) is 65.1 Å². The second-order valence-electron chi connectivity index (χ2n) is 6.65. The number of rotatable bonds is 8. The monoisotopic (exact) mass is 427 g/mol. The van der Waals surface area contributed by atoms with E-state index in [-0.39, 0.29) is 11.4 Å². The molecule has 3 aromatic carbocycles. The molecule has 30 heavy (non-hydrogen) atoms. The Bertz CT molecular complexity index is 1110. The van der Waals surface area contributed by atoms with E-state index in [0.29, 0.717) is 22.9 Å². The van der Waals surface area contributed by atoms with E-state index in [4.69, 9.17) is 14.2 Å². The lowest BCUT2D eigenvalue weighted by atomic mass is 10.1. The van der Waals surface area contributed by atoms with Crippen molar-refractivity contribution in [3.8, 4) is 17.2 Å². The minimum Gasteiger partial charge on any atom is -0.497 e. The number of hydrogen-bond donors (Lipinski definition) is 0. The van der Waals surface area contributed by atoms with Crippen molar-refractivity contribution < 1.29 is 22.6 Å². The summed E-state index contributed by atoms with van der Waals surface area (Å²) in [7, 11) is 0.702. The summed E-state index contributed by atoms with van der Waals surface area (Å²) in [6.07, 6.45) is 0. The number of nitrogens with zero attached hydrogens (tertiary/aromatic N) is 1. The van der Waals surface area contributed by atoms with Crippen LogP contribution in [0.1, 0.15) is 11.1 Å². The SMILES string of the molecule is COc1ccc(S(=O)(=O)N(Cc2ccccc2C)c2ccc(OC)cc2OC)cc1. The molecule has 0 unspecified atom stereocenters. The lowest BCUT2D eigenvalue weighted by molar-refractivity contribution is 0.394. The molecule has 3 aromatic rings. The molecule has 0 radical (unpaired) electrons. The third kappa shape index (κ3) is 4.36. The molecule has 0 aliphatic carbocycles. The van der Waals surface area contributed by atoms with E-state index in [1.807, 2.05) is 31.2 Å². The van der Waals surface area contributed by atoms with Crippen LogP contribution in [0.4, 0.5) is 5.69 Å². The first-order valence-electron chi connectivity index (χ1n) is 9.34. The van der Waals surface area contributed by atoms with Crippen molar-refractivity contribution in [1.82, 2.24) is 0 Å². The highest BCUT2D eigenvalue weighted by molar-refractivity contribution is 7.92. The van der Waals surface area contributed by atoms with Gasteiger partial charge in [-0.05, 0) is 54.4 Å². The van der Waals surface area contributed by atoms with E-state index in [1.165, 1.54) is 30.7 Å². The number of ether oxygens (including phenoxy) is 3. The normalized spacial score (nSPS) is 11.1. The average Bonchev–Trinajstić information content (AvgIpc) is 2.78. The van der Waals surface area contributed by atoms with Crippen LogP contribution >= 0.6 is 0 Å². The van der Waals surface area contributed by atoms with Crippen molar-refractivity contribution in [2.24, 2.45) is 0 Å². The van der Waals surface area contributed by atoms with Gasteiger partial charge in [0.1, 0.15) is 17.2 Å². The molecule has 6 nitrogen and oxygen atoms in total. The molecule has 3 rings (SSSR count). The summed E-state index contributed by atoms with van der Waals surface area (Å²) < 4.78 is 44.6. The molecule has 0 amide bonds. The van der Waals surface area contributed by atoms with E-state index < -0.39 is 10.0 Å². The molecular weight excluding hydrogens is 402 g/mol. The summed E-state index contributed by atoms with van der Waals surface area (Å²) in [6.45, 7) is 2.11. The van der Waals surface area contributed by atoms with Crippen LogP contribution in [-0.2, 0) is 16.6 Å². The van der Waals surface area contributed by atoms with Gasteiger partial charge in [-0.1, -0.05) is 24.3 Å². The van der Waals surface area contributed by atoms with Gasteiger partial charge in [-0.3, -0.25) is 4.31 Å². The molecule has 7 heteroatoms. The lowest BCUT2D eigenvalue weighted by Gasteiger charge is -2.27. The van der Waals surface area contributed by atoms with Crippen molar-refractivity contribution in [2.45, 2.75) is 18.4 Å². The summed E-state index contributed by atoms with van der Waals surface area (Å²) in [5.74, 6) is 1.56. The number of aryl methyl sites for hydroxylation is 1. The van der Waals surface area contributed by atoms with Gasteiger partial charge in [-0.2, -0.15) is 0 Å². The summed E-state index contributed by atoms with van der Waals surface area (Å²) in [5, 5.41) is 0. The van der Waals surface area contributed by atoms with Gasteiger partial charge in [0.2, 0.25) is 0 Å². The van der Waals surface area contributed by atoms with Gasteiger partial charge in [0.05, 0.1) is 38.5 Å². The first kappa shape index (κ1) is 21.5. The molecule has 0 aliphatic heterocycles. The summed E-state index contributed by atoms with van der Waals surface area (Å²) in [5.41, 5.74) is 2.32. The highest BCUT2D eigenvalue weighted by Crippen LogP contribution is 2.37. The van der Waals surface area contributed by atoms with Crippen molar-refractivity contribution in [1.29, 1.82) is 0 Å². The molecular formula is C23H25NO5S. The molecule has 158 valence electrons. The number of hydrogen-bond acceptors (Lipinski definition) is 5. The van der Waals surface area contributed by atoms with Crippen molar-refractivity contribution in [3.05, 3.63) is 77.9 Å². The fourth-order valence-corrected chi connectivity index (χ4v) is 4.56. The Morgan fingerprint density at radius 2 is 1.43 bits per heavy atom. The van der Waals surface area contributed by atoms with Crippen molar-refractivity contribution in [2.75, 3.05) is 25.6 Å². The fourth-order valence-electron chi connectivity index (χ4n) is 3.11. The Labute approximate surface area is 177 Å². The minimum atomic E-state index is -3.89. The second kappa shape index (κ2) is 9.09. The summed E-state index contributed by atoms with van der Waals surface area (Å²) >= 11 is 0. The van der Waals surface area contributed by atoms with E-state index >= 15 is 0 Å². The average molecular weight is 428 g/mol. The maximum atomic E-state index is 13.7. The van der Waals surface area contributed by atoms with Gasteiger partial charge in [0.15, 0.2) is 0 Å². The van der Waals surface area contributed by atoms with Crippen LogP contribution in [0.5, 0.6) is 17.2 Å². The van der Waals surface area contributed by atoms with E-state index in [0.717, 1.165) is 11.1 Å². The van der Waals surface area contributed by atoms with Crippen LogP contribution < -0.4 is 18.5 Å². The van der Waals surface area contributed by atoms with Crippen LogP contribution in [0.15, 0.2) is 71.6 Å². The molecule has 0 saturated heterocycles. The molecule has 0 aliphatic rings. The van der Waals surface area contributed by atoms with Crippen LogP contribution in [-0.4, -0.2) is 29.7 Å². The van der Waals surface area contributed by atoms with Gasteiger partial charge < -0.3 is 14.2 Å². The van der Waals surface area contributed by atoms with E-state index in [1.54, 1.807) is 37.4 Å². The molecule has 0 saturated carbocycles. The fraction of sp³-hybridized carbons (Fsp3) is 0.217. The van der Waals surface area contributed by atoms with Crippen molar-refractivity contribution in [3.63, 3.8) is 0 Å². The van der Waals surface area contributed by atoms with Gasteiger partial charge in [0.25, 0.3) is 10.0 Å². The van der Waals surface area contributed by atoms with Crippen molar-refractivity contribution >= 4 is 15.7 Å². The smallest absolute Gasteiger partial charge is 0.264 e. The Morgan fingerprint density at radius 3 is 2.03 bits per heavy atom. The highest BCUT2D eigenvalue weighted by atomic mass is 32.2. The second-order valence-corrected chi connectivity index (χ2v) is 8.51. The Balaban J connectivity index is 2.15. The van der Waals surface area contributed by atoms with Gasteiger partial charge in [-0.25, -0.2) is 8.42 Å². The van der Waals surface area contributed by atoms with E-state index in [9.17, 15) is 8.42 Å². The molecule has 0 fully saturated rings. The van der Waals surface area contributed by atoms with Crippen LogP contribution in [0.2, 0.25) is 0 Å². The van der Waals surface area contributed by atoms with Crippen LogP contribution in [0, 0.1) is 6.92 Å². The number of benzene rings is 3. The first-order valence-corrected chi connectivity index (χ1v) is 10.8. The zero-order chi connectivity index (χ0) is 21.7. The largest absolute Gasteiger partial charge is 0.497 e. The highest BCUT2D eigenvalue weighted by Gasteiger charge is 2.28. The summed E-state index contributed by atoms with van der Waals surface area (Å²) in [6, 6.07) is 19.1. The predicted octanol–water partition coefficient (Wildman–Crippen LogP) is 4.42. The Kier molecular flexibility index (Phi) is 6.52. The molecule has 0 aromatic heterocycles. The zero-order valence-electron chi connectivity index (χ0n) is 17.5. The lowest BCUT2D eigenvalue weighted by Crippen LogP contribution is -2.31. The zero-order valence-corrected chi connectivity index (χ0v) is 18.3. The van der Waals surface area contributed by atoms with Gasteiger partial charge in [-0.15, -0.1) is 0 Å². The minimum absolute atomic E-state index is 0.156. The molecule has 0 bridgehead atoms. The molecule has 0 N–H and O–H groups in total. The molecule has 0 atom stereocenters. The van der Waals surface area contributed by atoms with E-state index in [2.05, 4.69) is 0 Å². The standard InChI is InChI=1S/C23H25NO5S/c1-17-7-5-6-8-18(17)16-24(22-14-11-20(28-3)15-23(22)29-4)30(25,26)21-12-9-19(27-2)10-13-21/h5-15H,16H2,1-4H3. The predicted molar refractivity (Wildman–Crippen MR) is 117 cm³/mol. The van der Waals surface area contributed by atoms with Gasteiger partial charge in [0, 0.05) is 6.07 Å². The molecule has 0 heterocycles. The first-order chi connectivity index (χ1) is 14.4.